The van der Waals surface area contributed by atoms with Crippen molar-refractivity contribution in [3.8, 4) is 0 Å². The molecule has 172 valence electrons. The molecule has 2 N–H and O–H groups in total. The number of piperazine rings is 1. The van der Waals surface area contributed by atoms with Crippen molar-refractivity contribution in [2.75, 3.05) is 36.4 Å². The van der Waals surface area contributed by atoms with Crippen LogP contribution in [0.15, 0.2) is 47.4 Å². The number of anilines is 2. The Morgan fingerprint density at radius 1 is 1.00 bits per heavy atom. The van der Waals surface area contributed by atoms with E-state index >= 15 is 0 Å². The fraction of sp³-hybridized carbons (Fsp3) is 0.480. The van der Waals surface area contributed by atoms with E-state index in [0.717, 1.165) is 31.6 Å². The molecule has 0 aliphatic carbocycles. The zero-order valence-electron chi connectivity index (χ0n) is 18.8. The summed E-state index contributed by atoms with van der Waals surface area (Å²) < 4.78 is 1.78. The Bertz CT molecular complexity index is 1090. The SMILES string of the molecule is C.CC(C)[C@H](C)n1c(=O)ccc2cnc(N[C@@H](C)c3ccc(N4CCNCC4)cc3)nc21. The summed E-state index contributed by atoms with van der Waals surface area (Å²) in [5.41, 5.74) is 3.07. The minimum Gasteiger partial charge on any atom is -0.369 e. The highest BCUT2D eigenvalue weighted by Crippen LogP contribution is 2.24. The molecule has 1 aliphatic rings. The Morgan fingerprint density at radius 3 is 2.34 bits per heavy atom. The molecule has 7 nitrogen and oxygen atoms in total. The summed E-state index contributed by atoms with van der Waals surface area (Å²) in [6.07, 6.45) is 1.79. The van der Waals surface area contributed by atoms with Crippen molar-refractivity contribution in [3.63, 3.8) is 0 Å². The second kappa shape index (κ2) is 10.1. The monoisotopic (exact) mass is 436 g/mol. The van der Waals surface area contributed by atoms with Gasteiger partial charge in [-0.15, -0.1) is 0 Å². The average Bonchev–Trinajstić information content (AvgIpc) is 2.79. The molecular weight excluding hydrogens is 400 g/mol. The topological polar surface area (TPSA) is 75.1 Å². The summed E-state index contributed by atoms with van der Waals surface area (Å²) in [6.45, 7) is 12.5. The van der Waals surface area contributed by atoms with Gasteiger partial charge in [0.05, 0.1) is 6.04 Å². The minimum atomic E-state index is -0.0325. The highest BCUT2D eigenvalue weighted by molar-refractivity contribution is 5.75. The van der Waals surface area contributed by atoms with Gasteiger partial charge in [-0.3, -0.25) is 9.36 Å². The molecule has 1 saturated heterocycles. The number of aromatic nitrogens is 3. The van der Waals surface area contributed by atoms with Crippen LogP contribution in [0.25, 0.3) is 11.0 Å². The van der Waals surface area contributed by atoms with Crippen LogP contribution in [-0.4, -0.2) is 40.7 Å². The van der Waals surface area contributed by atoms with E-state index in [-0.39, 0.29) is 25.1 Å². The number of pyridine rings is 1. The van der Waals surface area contributed by atoms with E-state index < -0.39 is 0 Å². The van der Waals surface area contributed by atoms with E-state index in [1.807, 2.05) is 0 Å². The lowest BCUT2D eigenvalue weighted by molar-refractivity contribution is 0.407. The summed E-state index contributed by atoms with van der Waals surface area (Å²) >= 11 is 0. The van der Waals surface area contributed by atoms with Crippen LogP contribution in [0.5, 0.6) is 0 Å². The molecule has 3 heterocycles. The molecule has 0 unspecified atom stereocenters. The van der Waals surface area contributed by atoms with Gasteiger partial charge in [0, 0.05) is 55.6 Å². The van der Waals surface area contributed by atoms with Gasteiger partial charge >= 0.3 is 0 Å². The van der Waals surface area contributed by atoms with E-state index in [1.165, 1.54) is 11.3 Å². The Hall–Kier alpha value is -2.93. The van der Waals surface area contributed by atoms with Crippen LogP contribution in [0.1, 0.15) is 52.8 Å². The first-order chi connectivity index (χ1) is 14.9. The molecule has 7 heteroatoms. The lowest BCUT2D eigenvalue weighted by Gasteiger charge is -2.29. The molecule has 0 radical (unpaired) electrons. The predicted molar refractivity (Wildman–Crippen MR) is 134 cm³/mol. The van der Waals surface area contributed by atoms with Gasteiger partial charge in [0.25, 0.3) is 5.56 Å². The number of hydrogen-bond donors (Lipinski definition) is 2. The molecule has 0 bridgehead atoms. The van der Waals surface area contributed by atoms with Gasteiger partial charge in [-0.1, -0.05) is 33.4 Å². The van der Waals surface area contributed by atoms with Crippen LogP contribution in [-0.2, 0) is 0 Å². The molecule has 1 aliphatic heterocycles. The van der Waals surface area contributed by atoms with Crippen molar-refractivity contribution in [2.45, 2.75) is 47.2 Å². The van der Waals surface area contributed by atoms with Crippen LogP contribution >= 0.6 is 0 Å². The highest BCUT2D eigenvalue weighted by atomic mass is 16.1. The van der Waals surface area contributed by atoms with E-state index in [2.05, 4.69) is 72.5 Å². The first kappa shape index (κ1) is 23.7. The van der Waals surface area contributed by atoms with E-state index in [9.17, 15) is 4.79 Å². The van der Waals surface area contributed by atoms with Crippen LogP contribution in [0.3, 0.4) is 0 Å². The zero-order chi connectivity index (χ0) is 22.0. The van der Waals surface area contributed by atoms with Crippen molar-refractivity contribution in [2.24, 2.45) is 5.92 Å². The maximum Gasteiger partial charge on any atom is 0.252 e. The van der Waals surface area contributed by atoms with Gasteiger partial charge in [0.15, 0.2) is 0 Å². The summed E-state index contributed by atoms with van der Waals surface area (Å²) in [4.78, 5) is 24.2. The van der Waals surface area contributed by atoms with Crippen LogP contribution in [0.4, 0.5) is 11.6 Å². The first-order valence-corrected chi connectivity index (χ1v) is 11.1. The van der Waals surface area contributed by atoms with Gasteiger partial charge in [0.2, 0.25) is 5.95 Å². The predicted octanol–water partition coefficient (Wildman–Crippen LogP) is 4.23. The maximum absolute atomic E-state index is 12.6. The average molecular weight is 437 g/mol. The molecule has 2 atom stereocenters. The standard InChI is InChI=1S/C24H32N6O.CH4/c1-16(2)18(4)30-22(31)10-7-20-15-26-24(28-23(20)30)27-17(3)19-5-8-21(9-6-19)29-13-11-25-12-14-29;/h5-10,15-18,25H,11-14H2,1-4H3,(H,26,27,28);1H4/t17-,18-;/m0./s1. The Balaban J connectivity index is 0.00000289. The van der Waals surface area contributed by atoms with Crippen molar-refractivity contribution in [3.05, 3.63) is 58.5 Å². The van der Waals surface area contributed by atoms with Crippen LogP contribution < -0.4 is 21.1 Å². The first-order valence-electron chi connectivity index (χ1n) is 11.1. The molecule has 0 amide bonds. The fourth-order valence-corrected chi connectivity index (χ4v) is 3.97. The van der Waals surface area contributed by atoms with Crippen LogP contribution in [0, 0.1) is 5.92 Å². The normalized spacial score (nSPS) is 16.0. The smallest absolute Gasteiger partial charge is 0.252 e. The van der Waals surface area contributed by atoms with Crippen molar-refractivity contribution < 1.29 is 0 Å². The van der Waals surface area contributed by atoms with Crippen LogP contribution in [0.2, 0.25) is 0 Å². The van der Waals surface area contributed by atoms with Gasteiger partial charge in [-0.25, -0.2) is 4.98 Å². The Labute approximate surface area is 190 Å². The van der Waals surface area contributed by atoms with Gasteiger partial charge in [-0.05, 0) is 43.5 Å². The number of nitrogens with one attached hydrogen (secondary N) is 2. The lowest BCUT2D eigenvalue weighted by Crippen LogP contribution is -2.43. The van der Waals surface area contributed by atoms with Crippen molar-refractivity contribution in [1.29, 1.82) is 0 Å². The molecule has 2 aromatic heterocycles. The van der Waals surface area contributed by atoms with Gasteiger partial charge < -0.3 is 15.5 Å². The van der Waals surface area contributed by atoms with Crippen molar-refractivity contribution in [1.82, 2.24) is 19.9 Å². The molecule has 0 saturated carbocycles. The molecule has 32 heavy (non-hydrogen) atoms. The van der Waals surface area contributed by atoms with E-state index in [4.69, 9.17) is 4.98 Å². The third-order valence-electron chi connectivity index (χ3n) is 6.26. The minimum absolute atomic E-state index is 0. The number of hydrogen-bond acceptors (Lipinski definition) is 6. The Morgan fingerprint density at radius 2 is 1.69 bits per heavy atom. The molecule has 1 aromatic carbocycles. The van der Waals surface area contributed by atoms with Gasteiger partial charge in [0.1, 0.15) is 5.65 Å². The number of fused-ring (bicyclic) bond motifs is 1. The van der Waals surface area contributed by atoms with E-state index in [1.54, 1.807) is 22.9 Å². The quantitative estimate of drug-likeness (QED) is 0.602. The third-order valence-corrected chi connectivity index (χ3v) is 6.26. The fourth-order valence-electron chi connectivity index (χ4n) is 3.97. The molecular formula is C25H36N6O. The lowest BCUT2D eigenvalue weighted by atomic mass is 10.1. The number of benzene rings is 1. The highest BCUT2D eigenvalue weighted by Gasteiger charge is 2.17. The van der Waals surface area contributed by atoms with Gasteiger partial charge in [-0.2, -0.15) is 4.98 Å². The zero-order valence-corrected chi connectivity index (χ0v) is 18.8. The largest absolute Gasteiger partial charge is 0.369 e. The molecule has 4 rings (SSSR count). The summed E-state index contributed by atoms with van der Waals surface area (Å²) in [6, 6.07) is 12.2. The second-order valence-corrected chi connectivity index (χ2v) is 8.69. The molecule has 0 spiro atoms. The molecule has 1 fully saturated rings. The number of rotatable bonds is 6. The summed E-state index contributed by atoms with van der Waals surface area (Å²) in [7, 11) is 0. The molecule has 3 aromatic rings. The maximum atomic E-state index is 12.6. The van der Waals surface area contributed by atoms with Crippen molar-refractivity contribution >= 4 is 22.7 Å². The summed E-state index contributed by atoms with van der Waals surface area (Å²) in [5, 5.41) is 7.66. The summed E-state index contributed by atoms with van der Waals surface area (Å²) in [5.74, 6) is 0.851. The Kier molecular flexibility index (Phi) is 7.51. The second-order valence-electron chi connectivity index (χ2n) is 8.69. The number of nitrogens with zero attached hydrogens (tertiary/aromatic N) is 4. The third kappa shape index (κ3) is 4.93. The van der Waals surface area contributed by atoms with E-state index in [0.29, 0.717) is 17.5 Å².